The molecule has 0 aliphatic carbocycles. The first kappa shape index (κ1) is 13.8. The van der Waals surface area contributed by atoms with Crippen molar-refractivity contribution in [2.45, 2.75) is 38.3 Å². The predicted molar refractivity (Wildman–Crippen MR) is 73.6 cm³/mol. The molecule has 0 radical (unpaired) electrons. The third kappa shape index (κ3) is 3.46. The minimum absolute atomic E-state index is 0.127. The Morgan fingerprint density at radius 1 is 1.61 bits per heavy atom. The highest BCUT2D eigenvalue weighted by atomic mass is 32.2. The second-order valence-electron chi connectivity index (χ2n) is 4.87. The first-order valence-corrected chi connectivity index (χ1v) is 7.72. The molecule has 2 unspecified atom stereocenters. The molecule has 1 saturated heterocycles. The van der Waals surface area contributed by atoms with Crippen molar-refractivity contribution in [3.63, 3.8) is 0 Å². The van der Waals surface area contributed by atoms with Gasteiger partial charge >= 0.3 is 0 Å². The summed E-state index contributed by atoms with van der Waals surface area (Å²) in [6.45, 7) is 3.21. The Morgan fingerprint density at radius 2 is 2.44 bits per heavy atom. The SMILES string of the molecule is CCCC(N)Cc1nc(C2CSCCN2C)no1. The molecule has 2 heterocycles. The van der Waals surface area contributed by atoms with E-state index in [1.807, 2.05) is 11.8 Å². The highest BCUT2D eigenvalue weighted by Gasteiger charge is 2.25. The molecule has 1 aliphatic rings. The molecule has 18 heavy (non-hydrogen) atoms. The first-order chi connectivity index (χ1) is 8.70. The summed E-state index contributed by atoms with van der Waals surface area (Å²) in [6, 6.07) is 0.408. The van der Waals surface area contributed by atoms with E-state index >= 15 is 0 Å². The van der Waals surface area contributed by atoms with E-state index in [4.69, 9.17) is 10.3 Å². The fourth-order valence-electron chi connectivity index (χ4n) is 2.14. The smallest absolute Gasteiger partial charge is 0.228 e. The second-order valence-corrected chi connectivity index (χ2v) is 6.02. The first-order valence-electron chi connectivity index (χ1n) is 6.56. The van der Waals surface area contributed by atoms with Crippen molar-refractivity contribution in [2.24, 2.45) is 5.73 Å². The average molecular weight is 270 g/mol. The topological polar surface area (TPSA) is 68.2 Å². The molecule has 2 rings (SSSR count). The van der Waals surface area contributed by atoms with E-state index in [9.17, 15) is 0 Å². The van der Waals surface area contributed by atoms with Crippen molar-refractivity contribution in [2.75, 3.05) is 25.1 Å². The molecule has 0 aromatic carbocycles. The predicted octanol–water partition coefficient (Wildman–Crippen LogP) is 1.46. The Hall–Kier alpha value is -0.590. The molecular weight excluding hydrogens is 248 g/mol. The number of rotatable bonds is 5. The molecule has 1 aromatic heterocycles. The molecule has 1 fully saturated rings. The van der Waals surface area contributed by atoms with Gasteiger partial charge < -0.3 is 10.3 Å². The van der Waals surface area contributed by atoms with Gasteiger partial charge in [-0.3, -0.25) is 4.90 Å². The van der Waals surface area contributed by atoms with Crippen LogP contribution in [0, 0.1) is 0 Å². The summed E-state index contributed by atoms with van der Waals surface area (Å²) in [5.74, 6) is 3.70. The lowest BCUT2D eigenvalue weighted by atomic mass is 10.1. The quantitative estimate of drug-likeness (QED) is 0.873. The second kappa shape index (κ2) is 6.54. The monoisotopic (exact) mass is 270 g/mol. The Balaban J connectivity index is 1.96. The summed E-state index contributed by atoms with van der Waals surface area (Å²) in [7, 11) is 2.11. The van der Waals surface area contributed by atoms with Gasteiger partial charge in [-0.05, 0) is 13.5 Å². The zero-order valence-corrected chi connectivity index (χ0v) is 11.9. The molecular formula is C12H22N4OS. The summed E-state index contributed by atoms with van der Waals surface area (Å²) >= 11 is 1.94. The van der Waals surface area contributed by atoms with Crippen LogP contribution in [0.4, 0.5) is 0 Å². The lowest BCUT2D eigenvalue weighted by molar-refractivity contribution is 0.256. The Labute approximate surface area is 112 Å². The normalized spacial score (nSPS) is 23.2. The maximum atomic E-state index is 5.99. The van der Waals surface area contributed by atoms with Gasteiger partial charge in [-0.15, -0.1) is 0 Å². The van der Waals surface area contributed by atoms with Crippen molar-refractivity contribution >= 4 is 11.8 Å². The lowest BCUT2D eigenvalue weighted by Gasteiger charge is -2.29. The van der Waals surface area contributed by atoms with Crippen LogP contribution >= 0.6 is 11.8 Å². The van der Waals surface area contributed by atoms with Gasteiger partial charge in [0.25, 0.3) is 0 Å². The number of hydrogen-bond donors (Lipinski definition) is 1. The van der Waals surface area contributed by atoms with Gasteiger partial charge in [0.15, 0.2) is 5.82 Å². The summed E-state index contributed by atoms with van der Waals surface area (Å²) in [6.07, 6.45) is 2.77. The van der Waals surface area contributed by atoms with Crippen molar-refractivity contribution in [3.05, 3.63) is 11.7 Å². The molecule has 1 aromatic rings. The average Bonchev–Trinajstić information content (AvgIpc) is 2.78. The summed E-state index contributed by atoms with van der Waals surface area (Å²) < 4.78 is 5.31. The van der Waals surface area contributed by atoms with Crippen molar-refractivity contribution in [1.29, 1.82) is 0 Å². The number of hydrogen-bond acceptors (Lipinski definition) is 6. The third-order valence-corrected chi connectivity index (χ3v) is 4.30. The van der Waals surface area contributed by atoms with Crippen LogP contribution in [-0.2, 0) is 6.42 Å². The molecule has 5 nitrogen and oxygen atoms in total. The maximum absolute atomic E-state index is 5.99. The van der Waals surface area contributed by atoms with Gasteiger partial charge in [0.05, 0.1) is 6.04 Å². The van der Waals surface area contributed by atoms with E-state index in [0.717, 1.165) is 31.0 Å². The van der Waals surface area contributed by atoms with Crippen LogP contribution in [0.15, 0.2) is 4.52 Å². The number of nitrogens with zero attached hydrogens (tertiary/aromatic N) is 3. The fraction of sp³-hybridized carbons (Fsp3) is 0.833. The van der Waals surface area contributed by atoms with E-state index in [1.165, 1.54) is 5.75 Å². The Kier molecular flexibility index (Phi) is 5.03. The molecule has 0 saturated carbocycles. The van der Waals surface area contributed by atoms with Crippen LogP contribution in [-0.4, -0.2) is 46.2 Å². The van der Waals surface area contributed by atoms with Crippen molar-refractivity contribution in [1.82, 2.24) is 15.0 Å². The van der Waals surface area contributed by atoms with Crippen LogP contribution in [0.3, 0.4) is 0 Å². The molecule has 0 spiro atoms. The van der Waals surface area contributed by atoms with Gasteiger partial charge in [0, 0.05) is 30.5 Å². The van der Waals surface area contributed by atoms with Crippen LogP contribution < -0.4 is 5.73 Å². The van der Waals surface area contributed by atoms with E-state index in [1.54, 1.807) is 0 Å². The summed E-state index contributed by atoms with van der Waals surface area (Å²) in [5.41, 5.74) is 5.99. The Bertz CT molecular complexity index is 371. The fourth-order valence-corrected chi connectivity index (χ4v) is 3.35. The molecule has 0 bridgehead atoms. The van der Waals surface area contributed by atoms with Gasteiger partial charge in [-0.2, -0.15) is 16.7 Å². The van der Waals surface area contributed by atoms with Crippen molar-refractivity contribution < 1.29 is 4.52 Å². The van der Waals surface area contributed by atoms with Gasteiger partial charge in [0.2, 0.25) is 5.89 Å². The lowest BCUT2D eigenvalue weighted by Crippen LogP contribution is -2.33. The third-order valence-electron chi connectivity index (χ3n) is 3.27. The zero-order chi connectivity index (χ0) is 13.0. The van der Waals surface area contributed by atoms with Crippen molar-refractivity contribution in [3.8, 4) is 0 Å². The molecule has 6 heteroatoms. The molecule has 0 amide bonds. The minimum atomic E-state index is 0.127. The highest BCUT2D eigenvalue weighted by molar-refractivity contribution is 7.99. The highest BCUT2D eigenvalue weighted by Crippen LogP contribution is 2.26. The molecule has 2 N–H and O–H groups in total. The zero-order valence-electron chi connectivity index (χ0n) is 11.1. The molecule has 2 atom stereocenters. The van der Waals surface area contributed by atoms with Gasteiger partial charge in [0.1, 0.15) is 0 Å². The van der Waals surface area contributed by atoms with Crippen LogP contribution in [0.2, 0.25) is 0 Å². The molecule has 1 aliphatic heterocycles. The van der Waals surface area contributed by atoms with E-state index in [2.05, 4.69) is 29.0 Å². The van der Waals surface area contributed by atoms with Gasteiger partial charge in [-0.1, -0.05) is 18.5 Å². The minimum Gasteiger partial charge on any atom is -0.339 e. The number of nitrogens with two attached hydrogens (primary N) is 1. The van der Waals surface area contributed by atoms with E-state index < -0.39 is 0 Å². The van der Waals surface area contributed by atoms with Crippen LogP contribution in [0.1, 0.15) is 37.5 Å². The number of aromatic nitrogens is 2. The maximum Gasteiger partial charge on any atom is 0.228 e. The van der Waals surface area contributed by atoms with E-state index in [0.29, 0.717) is 12.3 Å². The summed E-state index contributed by atoms with van der Waals surface area (Å²) in [5, 5.41) is 4.11. The largest absolute Gasteiger partial charge is 0.339 e. The molecule has 102 valence electrons. The van der Waals surface area contributed by atoms with Crippen LogP contribution in [0.25, 0.3) is 0 Å². The van der Waals surface area contributed by atoms with Gasteiger partial charge in [-0.25, -0.2) is 0 Å². The number of thioether (sulfide) groups is 1. The standard InChI is InChI=1S/C12H22N4OS/c1-3-4-9(13)7-11-14-12(15-17-11)10-8-18-6-5-16(10)2/h9-10H,3-8,13H2,1-2H3. The van der Waals surface area contributed by atoms with Crippen LogP contribution in [0.5, 0.6) is 0 Å². The summed E-state index contributed by atoms with van der Waals surface area (Å²) in [4.78, 5) is 6.78. The van der Waals surface area contributed by atoms with E-state index in [-0.39, 0.29) is 12.1 Å². The Morgan fingerprint density at radius 3 is 3.17 bits per heavy atom.